The lowest BCUT2D eigenvalue weighted by molar-refractivity contribution is 0.166. The van der Waals surface area contributed by atoms with Crippen LogP contribution in [-0.2, 0) is 0 Å². The summed E-state index contributed by atoms with van der Waals surface area (Å²) >= 11 is 0. The number of rotatable bonds is 48. The van der Waals surface area contributed by atoms with Crippen molar-refractivity contribution in [2.45, 2.75) is 323 Å². The molecule has 0 aliphatic rings. The second kappa shape index (κ2) is 44.4. The lowest BCUT2D eigenvalue weighted by Gasteiger charge is -2.22. The average molecular weight is 840 g/mol. The van der Waals surface area contributed by atoms with Crippen molar-refractivity contribution < 1.29 is 9.47 Å². The van der Waals surface area contributed by atoms with Gasteiger partial charge in [-0.3, -0.25) is 0 Å². The fraction of sp³-hybridized carbons (Fsp3) is 0.897. The predicted molar refractivity (Wildman–Crippen MR) is 270 cm³/mol. The Bertz CT molecular complexity index is 879. The van der Waals surface area contributed by atoms with Gasteiger partial charge in [-0.2, -0.15) is 0 Å². The fourth-order valence-electron chi connectivity index (χ4n) is 9.44. The summed E-state index contributed by atoms with van der Waals surface area (Å²) < 4.78 is 13.6. The van der Waals surface area contributed by atoms with E-state index in [1.165, 1.54) is 270 Å². The molecule has 0 N–H and O–H groups in total. The van der Waals surface area contributed by atoms with Gasteiger partial charge in [0.25, 0.3) is 0 Å². The van der Waals surface area contributed by atoms with E-state index in [1.807, 2.05) is 0 Å². The molecule has 0 saturated carbocycles. The van der Waals surface area contributed by atoms with E-state index in [1.54, 1.807) is 0 Å². The highest BCUT2D eigenvalue weighted by Crippen LogP contribution is 2.27. The first-order chi connectivity index (χ1) is 29.5. The number of hydrogen-bond acceptors (Lipinski definition) is 2. The van der Waals surface area contributed by atoms with Gasteiger partial charge >= 0.3 is 0 Å². The van der Waals surface area contributed by atoms with Gasteiger partial charge in [0.1, 0.15) is 11.5 Å². The van der Waals surface area contributed by atoms with Gasteiger partial charge in [0.2, 0.25) is 0 Å². The van der Waals surface area contributed by atoms with E-state index in [9.17, 15) is 0 Å². The van der Waals surface area contributed by atoms with Crippen LogP contribution in [0.5, 0.6) is 11.5 Å². The number of benzene rings is 1. The van der Waals surface area contributed by atoms with E-state index < -0.39 is 0 Å². The molecule has 354 valence electrons. The van der Waals surface area contributed by atoms with Gasteiger partial charge in [-0.1, -0.05) is 260 Å². The maximum atomic E-state index is 6.78. The summed E-state index contributed by atoms with van der Waals surface area (Å²) in [6, 6.07) is 8.82. The van der Waals surface area contributed by atoms with E-state index in [0.717, 1.165) is 23.3 Å². The third-order valence-corrected chi connectivity index (χ3v) is 13.7. The Hall–Kier alpha value is -1.18. The molecule has 0 fully saturated rings. The second-order valence-electron chi connectivity index (χ2n) is 20.1. The molecule has 60 heavy (non-hydrogen) atoms. The van der Waals surface area contributed by atoms with Crippen LogP contribution in [0.4, 0.5) is 0 Å². The molecule has 0 amide bonds. The zero-order valence-corrected chi connectivity index (χ0v) is 42.1. The first kappa shape index (κ1) is 56.8. The standard InChI is InChI=1S/C58H110O2/c1-7-11-15-19-23-27-29-33-41-53(5)43-37-39-47-55(45-35-31-25-21-17-13-9-3)59-57-49-51-58(52-50-57)60-56(46-36-32-26-22-18-14-10-4)48-40-38-44-54(6)42-34-30-28-24-20-16-12-8-2/h49-56H,7-48H2,1-6H3. The summed E-state index contributed by atoms with van der Waals surface area (Å²) in [6.45, 7) is 14.2. The molecule has 4 unspecified atom stereocenters. The predicted octanol–water partition coefficient (Wildman–Crippen LogP) is 20.9. The average Bonchev–Trinajstić information content (AvgIpc) is 3.25. The first-order valence-electron chi connectivity index (χ1n) is 28.0. The van der Waals surface area contributed by atoms with E-state index in [-0.39, 0.29) is 0 Å². The van der Waals surface area contributed by atoms with Gasteiger partial charge < -0.3 is 9.47 Å². The van der Waals surface area contributed by atoms with Crippen LogP contribution in [0.15, 0.2) is 24.3 Å². The summed E-state index contributed by atoms with van der Waals surface area (Å²) in [5.74, 6) is 3.80. The number of ether oxygens (including phenoxy) is 2. The molecule has 0 heterocycles. The van der Waals surface area contributed by atoms with Crippen molar-refractivity contribution in [3.8, 4) is 11.5 Å². The van der Waals surface area contributed by atoms with Crippen molar-refractivity contribution in [2.75, 3.05) is 0 Å². The molecule has 0 spiro atoms. The van der Waals surface area contributed by atoms with Gasteiger partial charge in [0, 0.05) is 0 Å². The Morgan fingerprint density at radius 2 is 0.450 bits per heavy atom. The summed E-state index contributed by atoms with van der Waals surface area (Å²) in [5, 5.41) is 0. The second-order valence-corrected chi connectivity index (χ2v) is 20.1. The largest absolute Gasteiger partial charge is 0.490 e. The molecular formula is C58H110O2. The minimum absolute atomic E-state index is 0.332. The minimum atomic E-state index is 0.332. The van der Waals surface area contributed by atoms with Crippen LogP contribution in [0.2, 0.25) is 0 Å². The molecule has 4 atom stereocenters. The maximum absolute atomic E-state index is 6.78. The quantitative estimate of drug-likeness (QED) is 0.0609. The van der Waals surface area contributed by atoms with E-state index >= 15 is 0 Å². The highest BCUT2D eigenvalue weighted by Gasteiger charge is 2.15. The van der Waals surface area contributed by atoms with Crippen molar-refractivity contribution in [1.82, 2.24) is 0 Å². The molecule has 2 heteroatoms. The number of hydrogen-bond donors (Lipinski definition) is 0. The summed E-state index contributed by atoms with van der Waals surface area (Å²) in [5.41, 5.74) is 0. The topological polar surface area (TPSA) is 18.5 Å². The van der Waals surface area contributed by atoms with Gasteiger partial charge in [0.05, 0.1) is 12.2 Å². The summed E-state index contributed by atoms with van der Waals surface area (Å²) in [6.07, 6.45) is 58.2. The third-order valence-electron chi connectivity index (χ3n) is 13.7. The van der Waals surface area contributed by atoms with E-state index in [4.69, 9.17) is 9.47 Å². The highest BCUT2D eigenvalue weighted by molar-refractivity contribution is 5.31. The molecule has 0 radical (unpaired) electrons. The molecule has 0 aromatic heterocycles. The SMILES string of the molecule is CCCCCCCCCCC(C)CCCCC(CCCCCCCCC)Oc1ccc(OC(CCCCCCCCC)CCCCC(C)CCCCCCCCCC)cc1. The Morgan fingerprint density at radius 3 is 0.700 bits per heavy atom. The Labute approximate surface area is 379 Å². The molecule has 2 nitrogen and oxygen atoms in total. The maximum Gasteiger partial charge on any atom is 0.119 e. The smallest absolute Gasteiger partial charge is 0.119 e. The third kappa shape index (κ3) is 37.4. The van der Waals surface area contributed by atoms with Crippen LogP contribution in [0.3, 0.4) is 0 Å². The molecular weight excluding hydrogens is 729 g/mol. The molecule has 1 aromatic carbocycles. The normalized spacial score (nSPS) is 13.7. The van der Waals surface area contributed by atoms with Crippen LogP contribution in [0, 0.1) is 11.8 Å². The molecule has 1 aromatic rings. The lowest BCUT2D eigenvalue weighted by atomic mass is 9.95. The monoisotopic (exact) mass is 839 g/mol. The zero-order chi connectivity index (χ0) is 43.4. The van der Waals surface area contributed by atoms with Crippen molar-refractivity contribution in [2.24, 2.45) is 11.8 Å². The van der Waals surface area contributed by atoms with E-state index in [0.29, 0.717) is 12.2 Å². The molecule has 0 bridgehead atoms. The fourth-order valence-corrected chi connectivity index (χ4v) is 9.44. The summed E-state index contributed by atoms with van der Waals surface area (Å²) in [4.78, 5) is 0. The van der Waals surface area contributed by atoms with Crippen LogP contribution >= 0.6 is 0 Å². The van der Waals surface area contributed by atoms with Gasteiger partial charge in [0.15, 0.2) is 0 Å². The Morgan fingerprint density at radius 1 is 0.267 bits per heavy atom. The van der Waals surface area contributed by atoms with Gasteiger partial charge in [-0.05, 0) is 87.5 Å². The van der Waals surface area contributed by atoms with E-state index in [2.05, 4.69) is 65.8 Å². The van der Waals surface area contributed by atoms with Gasteiger partial charge in [-0.15, -0.1) is 0 Å². The Kier molecular flexibility index (Phi) is 42.1. The first-order valence-corrected chi connectivity index (χ1v) is 28.0. The van der Waals surface area contributed by atoms with Crippen LogP contribution in [0.25, 0.3) is 0 Å². The van der Waals surface area contributed by atoms with Crippen LogP contribution in [-0.4, -0.2) is 12.2 Å². The van der Waals surface area contributed by atoms with Gasteiger partial charge in [-0.25, -0.2) is 0 Å². The molecule has 0 saturated heterocycles. The molecule has 0 aliphatic heterocycles. The molecule has 1 rings (SSSR count). The summed E-state index contributed by atoms with van der Waals surface area (Å²) in [7, 11) is 0. The zero-order valence-electron chi connectivity index (χ0n) is 42.1. The van der Waals surface area contributed by atoms with Crippen molar-refractivity contribution in [1.29, 1.82) is 0 Å². The molecule has 0 aliphatic carbocycles. The Balaban J connectivity index is 2.61. The van der Waals surface area contributed by atoms with Crippen LogP contribution < -0.4 is 9.47 Å². The number of unbranched alkanes of at least 4 members (excludes halogenated alkanes) is 28. The van der Waals surface area contributed by atoms with Crippen LogP contribution in [0.1, 0.15) is 311 Å². The lowest BCUT2D eigenvalue weighted by Crippen LogP contribution is -2.18. The minimum Gasteiger partial charge on any atom is -0.490 e. The van der Waals surface area contributed by atoms with Crippen molar-refractivity contribution in [3.63, 3.8) is 0 Å². The highest BCUT2D eigenvalue weighted by atomic mass is 16.5. The van der Waals surface area contributed by atoms with Crippen molar-refractivity contribution >= 4 is 0 Å². The van der Waals surface area contributed by atoms with Crippen molar-refractivity contribution in [3.05, 3.63) is 24.3 Å².